The van der Waals surface area contributed by atoms with Crippen LogP contribution in [0.1, 0.15) is 119 Å². The number of nitrogens with two attached hydrogens (primary N) is 1. The summed E-state index contributed by atoms with van der Waals surface area (Å²) in [5.74, 6) is 0.794. The average molecular weight is 1230 g/mol. The fraction of sp³-hybridized carbons (Fsp3) is 0.316. The number of aliphatic imine (C=N–C) groups is 2. The molecule has 2 N–H and O–H groups in total. The van der Waals surface area contributed by atoms with Crippen molar-refractivity contribution < 1.29 is 22.8 Å². The van der Waals surface area contributed by atoms with Crippen molar-refractivity contribution in [1.82, 2.24) is 9.34 Å². The zero-order chi connectivity index (χ0) is 65.0. The average Bonchev–Trinajstić information content (AvgIpc) is 1.91. The highest BCUT2D eigenvalue weighted by Gasteiger charge is 2.35. The molecule has 8 aromatic rings. The third-order valence-electron chi connectivity index (χ3n) is 16.0. The Labute approximate surface area is 537 Å². The van der Waals surface area contributed by atoms with Gasteiger partial charge in [-0.15, -0.1) is 0 Å². The van der Waals surface area contributed by atoms with E-state index in [1.807, 2.05) is 36.5 Å². The zero-order valence-electron chi connectivity index (χ0n) is 54.2. The Kier molecular flexibility index (Phi) is 29.4. The van der Waals surface area contributed by atoms with Gasteiger partial charge in [-0.1, -0.05) is 221 Å². The van der Waals surface area contributed by atoms with Gasteiger partial charge in [0.1, 0.15) is 17.5 Å². The third kappa shape index (κ3) is 23.7. The highest BCUT2D eigenvalue weighted by Crippen LogP contribution is 2.47. The number of hydrogen-bond donors (Lipinski definition) is 1. The first-order chi connectivity index (χ1) is 43.3. The highest BCUT2D eigenvalue weighted by molar-refractivity contribution is 7.33. The van der Waals surface area contributed by atoms with E-state index in [4.69, 9.17) is 15.7 Å². The van der Waals surface area contributed by atoms with Gasteiger partial charge in [0.05, 0.1) is 32.4 Å². The van der Waals surface area contributed by atoms with Crippen molar-refractivity contribution in [3.63, 3.8) is 0 Å². The maximum atomic E-state index is 13.8. The van der Waals surface area contributed by atoms with E-state index in [2.05, 4.69) is 218 Å². The first kappa shape index (κ1) is 71.0. The van der Waals surface area contributed by atoms with Crippen LogP contribution in [0.15, 0.2) is 241 Å². The summed E-state index contributed by atoms with van der Waals surface area (Å²) in [6, 6.07) is 72.5. The molecule has 472 valence electrons. The monoisotopic (exact) mass is 1230 g/mol. The van der Waals surface area contributed by atoms with Crippen molar-refractivity contribution >= 4 is 38.6 Å². The van der Waals surface area contributed by atoms with Gasteiger partial charge in [0.2, 0.25) is 5.78 Å². The number of rotatable bonds is 24. The van der Waals surface area contributed by atoms with Crippen molar-refractivity contribution in [2.45, 2.75) is 132 Å². The quantitative estimate of drug-likeness (QED) is 0.0214. The summed E-state index contributed by atoms with van der Waals surface area (Å²) in [6.07, 6.45) is 9.16. The molecule has 0 aliphatic carbocycles. The number of ketones is 1. The second-order valence-electron chi connectivity index (χ2n) is 24.8. The minimum Gasteiger partial charge on any atom is -0.337 e. The Hall–Kier alpha value is -8.04. The smallest absolute Gasteiger partial charge is 0.225 e. The maximum absolute atomic E-state index is 13.8. The van der Waals surface area contributed by atoms with Gasteiger partial charge >= 0.3 is 0 Å². The molecular weight excluding hydrogens is 1140 g/mol. The lowest BCUT2D eigenvalue weighted by atomic mass is 9.95. The molecule has 11 heteroatoms. The Morgan fingerprint density at radius 2 is 0.811 bits per heavy atom. The lowest BCUT2D eigenvalue weighted by Gasteiger charge is -2.37. The van der Waals surface area contributed by atoms with Crippen LogP contribution >= 0.6 is 8.88 Å². The number of carbonyl (C=O) groups is 2. The minimum absolute atomic E-state index is 0.102. The number of nitrogens with zero attached hydrogens (tertiary/aromatic N) is 4. The van der Waals surface area contributed by atoms with Crippen molar-refractivity contribution in [3.8, 4) is 0 Å². The van der Waals surface area contributed by atoms with Gasteiger partial charge in [-0.25, -0.2) is 13.2 Å². The first-order valence-corrected chi connectivity index (χ1v) is 32.6. The van der Waals surface area contributed by atoms with Crippen LogP contribution < -0.4 is 5.73 Å². The number of halogens is 3. The maximum Gasteiger partial charge on any atom is 0.225 e. The number of carbonyl (C=O) groups excluding carboxylic acids is 2. The van der Waals surface area contributed by atoms with Crippen LogP contribution in [-0.4, -0.2) is 63.5 Å². The van der Waals surface area contributed by atoms with E-state index in [-0.39, 0.29) is 41.6 Å². The van der Waals surface area contributed by atoms with Crippen molar-refractivity contribution in [1.29, 1.82) is 0 Å². The van der Waals surface area contributed by atoms with Gasteiger partial charge in [-0.2, -0.15) is 0 Å². The van der Waals surface area contributed by atoms with E-state index in [0.717, 1.165) is 61.1 Å². The summed E-state index contributed by atoms with van der Waals surface area (Å²) >= 11 is 0. The normalized spacial score (nSPS) is 14.3. The molecule has 1 aliphatic rings. The molecule has 0 amide bonds. The van der Waals surface area contributed by atoms with E-state index < -0.39 is 11.6 Å². The number of benzene rings is 8. The predicted octanol–water partition coefficient (Wildman–Crippen LogP) is 18.4. The second-order valence-corrected chi connectivity index (χ2v) is 26.0. The van der Waals surface area contributed by atoms with Crippen molar-refractivity contribution in [2.75, 3.05) is 0 Å². The molecular formula is C79H93F3N5O2P. The predicted molar refractivity (Wildman–Crippen MR) is 373 cm³/mol. The van der Waals surface area contributed by atoms with E-state index in [0.29, 0.717) is 50.6 Å². The second kappa shape index (κ2) is 37.2. The van der Waals surface area contributed by atoms with Crippen LogP contribution in [-0.2, 0) is 36.9 Å². The van der Waals surface area contributed by atoms with Crippen LogP contribution in [0.3, 0.4) is 0 Å². The standard InChI is InChI=1S/C30H36FN2P.C30H35FN2.C11H17N.C8H5FO2/c1-22(2)28(19-24-11-7-5-8-12-24)32-21-30(26-15-17-27(31)18-16-26)33(34-32)29(23(3)4)20-25-13-9-6-10-14-25;1-22(2)28(19-24-11-7-5-8-12-24)32-21-30(26-15-17-27(31)18-16-26)33-29(23(3)4)20-25-13-9-6-10-14-25;1-9(2)11(12)8-10-6-4-3-5-7-10;9-7-3-1-6(2-4-7)8(11)5-10/h5-18,21-23,28-29,34H,19-20H2,1-4H3;5-18,21-23,28-29H,19-20H2,1-4H3;3-7,9,11H,8,12H2,1-2H3;1-5H/t2*28-,29-;11-;/m110./s1. The van der Waals surface area contributed by atoms with Gasteiger partial charge in [0, 0.05) is 41.7 Å². The molecule has 1 heterocycles. The molecule has 1 unspecified atom stereocenters. The number of hydrogen-bond acceptors (Lipinski definition) is 7. The third-order valence-corrected chi connectivity index (χ3v) is 17.5. The Morgan fingerprint density at radius 1 is 0.444 bits per heavy atom. The summed E-state index contributed by atoms with van der Waals surface area (Å²) in [6.45, 7) is 22.4. The van der Waals surface area contributed by atoms with Crippen LogP contribution in [0, 0.1) is 47.0 Å². The van der Waals surface area contributed by atoms with E-state index in [9.17, 15) is 22.8 Å². The molecule has 7 nitrogen and oxygen atoms in total. The molecule has 0 spiro atoms. The summed E-state index contributed by atoms with van der Waals surface area (Å²) in [5, 5.41) is 0. The van der Waals surface area contributed by atoms with E-state index >= 15 is 0 Å². The molecule has 0 radical (unpaired) electrons. The SMILES string of the molecule is CC(C)[C@@H](Cc1ccccc1)N1C=C(c2ccc(F)cc2)N([C@H](Cc2ccccc2)C(C)C)P1.CC(C)[C@@H](Cc1ccccc1)N=CC(=N[C@H](Cc1ccccc1)C(C)C)c1ccc(F)cc1.CC(C)[C@@H](N)Cc1ccccc1.O=CC(=O)c1ccc(F)cc1. The molecule has 0 saturated heterocycles. The van der Waals surface area contributed by atoms with Gasteiger partial charge in [-0.3, -0.25) is 19.6 Å². The van der Waals surface area contributed by atoms with Gasteiger partial charge in [0.15, 0.2) is 6.29 Å². The molecule has 90 heavy (non-hydrogen) atoms. The molecule has 9 rings (SSSR count). The molecule has 0 aromatic heterocycles. The largest absolute Gasteiger partial charge is 0.337 e. The molecule has 1 aliphatic heterocycles. The molecule has 6 atom stereocenters. The Balaban J connectivity index is 0.000000213. The van der Waals surface area contributed by atoms with Crippen molar-refractivity contribution in [2.24, 2.45) is 45.3 Å². The fourth-order valence-electron chi connectivity index (χ4n) is 10.2. The van der Waals surface area contributed by atoms with Crippen LogP contribution in [0.2, 0.25) is 0 Å². The summed E-state index contributed by atoms with van der Waals surface area (Å²) in [5.41, 5.74) is 16.7. The topological polar surface area (TPSA) is 91.4 Å². The summed E-state index contributed by atoms with van der Waals surface area (Å²) in [4.78, 5) is 30.7. The summed E-state index contributed by atoms with van der Waals surface area (Å²) < 4.78 is 44.7. The minimum atomic E-state index is -0.634. The van der Waals surface area contributed by atoms with E-state index in [1.165, 1.54) is 57.8 Å². The summed E-state index contributed by atoms with van der Waals surface area (Å²) in [7, 11) is 0.524. The molecule has 0 fully saturated rings. The van der Waals surface area contributed by atoms with Gasteiger partial charge in [-0.05, 0) is 168 Å². The lowest BCUT2D eigenvalue weighted by Crippen LogP contribution is -2.35. The molecule has 0 saturated carbocycles. The highest BCUT2D eigenvalue weighted by atomic mass is 31.1. The van der Waals surface area contributed by atoms with Crippen molar-refractivity contribution in [3.05, 3.63) is 293 Å². The van der Waals surface area contributed by atoms with Crippen LogP contribution in [0.5, 0.6) is 0 Å². The Morgan fingerprint density at radius 3 is 1.20 bits per heavy atom. The Bertz CT molecular complexity index is 3420. The number of aldehydes is 1. The fourth-order valence-corrected chi connectivity index (χ4v) is 12.0. The van der Waals surface area contributed by atoms with Gasteiger partial charge < -0.3 is 15.1 Å². The van der Waals surface area contributed by atoms with Gasteiger partial charge in [0.25, 0.3) is 0 Å². The lowest BCUT2D eigenvalue weighted by molar-refractivity contribution is -0.104. The molecule has 0 bridgehead atoms. The molecule has 8 aromatic carbocycles. The van der Waals surface area contributed by atoms with E-state index in [1.54, 1.807) is 24.3 Å². The van der Waals surface area contributed by atoms with Crippen LogP contribution in [0.25, 0.3) is 5.70 Å². The van der Waals surface area contributed by atoms with Crippen LogP contribution in [0.4, 0.5) is 13.2 Å². The first-order valence-electron chi connectivity index (χ1n) is 31.7. The zero-order valence-corrected chi connectivity index (χ0v) is 55.2. The number of Topliss-reactive ketones (excluding diaryl/α,β-unsaturated/α-hetero) is 1.